The van der Waals surface area contributed by atoms with E-state index >= 15 is 0 Å². The Morgan fingerprint density at radius 1 is 1.12 bits per heavy atom. The molecular weight excluding hydrogens is 319 g/mol. The number of nitrogens with two attached hydrogens (primary N) is 2. The minimum Gasteiger partial charge on any atom is -0.396 e. The molecule has 0 aliphatic heterocycles. The van der Waals surface area contributed by atoms with Gasteiger partial charge in [0, 0.05) is 5.39 Å². The van der Waals surface area contributed by atoms with Crippen molar-refractivity contribution in [3.63, 3.8) is 0 Å². The molecule has 1 heterocycles. The summed E-state index contributed by atoms with van der Waals surface area (Å²) in [6.45, 7) is 1.95. The number of aryl methyl sites for hydroxylation is 3. The van der Waals surface area contributed by atoms with E-state index in [2.05, 4.69) is 10.2 Å². The number of fused-ring (bicyclic) bond motifs is 1. The van der Waals surface area contributed by atoms with Gasteiger partial charge in [0.05, 0.1) is 11.2 Å². The summed E-state index contributed by atoms with van der Waals surface area (Å²) in [6.07, 6.45) is 2.10. The van der Waals surface area contributed by atoms with Crippen molar-refractivity contribution in [3.05, 3.63) is 64.6 Å². The lowest BCUT2D eigenvalue weighted by atomic mass is 10.00. The lowest BCUT2D eigenvalue weighted by Crippen LogP contribution is -2.17. The number of aromatic nitrogens is 2. The van der Waals surface area contributed by atoms with E-state index in [0.29, 0.717) is 29.3 Å². The summed E-state index contributed by atoms with van der Waals surface area (Å²) in [5, 5.41) is 8.62. The maximum Gasteiger partial charge on any atom is 0.271 e. The number of nitrogen functional groups attached to an aromatic ring is 1. The highest BCUT2D eigenvalue weighted by Crippen LogP contribution is 2.25. The van der Waals surface area contributed by atoms with Gasteiger partial charge in [-0.25, -0.2) is 4.39 Å². The zero-order chi connectivity index (χ0) is 18.0. The van der Waals surface area contributed by atoms with Crippen LogP contribution in [0.15, 0.2) is 36.4 Å². The summed E-state index contributed by atoms with van der Waals surface area (Å²) in [5.41, 5.74) is 14.8. The average Bonchev–Trinajstić information content (AvgIpc) is 2.58. The molecule has 0 radical (unpaired) electrons. The molecule has 1 aromatic heterocycles. The van der Waals surface area contributed by atoms with Gasteiger partial charge in [-0.1, -0.05) is 35.9 Å². The largest absolute Gasteiger partial charge is 0.396 e. The van der Waals surface area contributed by atoms with Gasteiger partial charge in [0.25, 0.3) is 5.91 Å². The Bertz CT molecular complexity index is 956. The van der Waals surface area contributed by atoms with Crippen LogP contribution in [0.2, 0.25) is 0 Å². The number of anilines is 1. The predicted octanol–water partition coefficient (Wildman–Crippen LogP) is 2.93. The smallest absolute Gasteiger partial charge is 0.271 e. The van der Waals surface area contributed by atoms with Gasteiger partial charge in [0.1, 0.15) is 5.82 Å². The van der Waals surface area contributed by atoms with Gasteiger partial charge in [-0.2, -0.15) is 0 Å². The third kappa shape index (κ3) is 3.42. The van der Waals surface area contributed by atoms with Gasteiger partial charge in [0.2, 0.25) is 0 Å². The molecule has 3 rings (SSSR count). The third-order valence-electron chi connectivity index (χ3n) is 4.24. The number of primary amides is 1. The second kappa shape index (κ2) is 6.84. The van der Waals surface area contributed by atoms with Crippen LogP contribution in [0.5, 0.6) is 0 Å². The Morgan fingerprint density at radius 3 is 2.64 bits per heavy atom. The summed E-state index contributed by atoms with van der Waals surface area (Å²) in [4.78, 5) is 11.3. The monoisotopic (exact) mass is 338 g/mol. The fourth-order valence-electron chi connectivity index (χ4n) is 2.96. The predicted molar refractivity (Wildman–Crippen MR) is 95.6 cm³/mol. The van der Waals surface area contributed by atoms with Crippen molar-refractivity contribution in [3.8, 4) is 0 Å². The van der Waals surface area contributed by atoms with Crippen molar-refractivity contribution in [1.29, 1.82) is 0 Å². The van der Waals surface area contributed by atoms with E-state index in [1.165, 1.54) is 6.07 Å². The molecule has 3 aromatic rings. The van der Waals surface area contributed by atoms with Gasteiger partial charge in [0.15, 0.2) is 5.69 Å². The molecule has 128 valence electrons. The van der Waals surface area contributed by atoms with Crippen molar-refractivity contribution < 1.29 is 9.18 Å². The van der Waals surface area contributed by atoms with Gasteiger partial charge >= 0.3 is 0 Å². The molecule has 0 bridgehead atoms. The molecule has 0 saturated carbocycles. The summed E-state index contributed by atoms with van der Waals surface area (Å²) in [7, 11) is 0. The summed E-state index contributed by atoms with van der Waals surface area (Å²) < 4.78 is 13.8. The Kier molecular flexibility index (Phi) is 4.61. The lowest BCUT2D eigenvalue weighted by Gasteiger charge is -2.09. The maximum atomic E-state index is 13.8. The molecule has 0 unspecified atom stereocenters. The van der Waals surface area contributed by atoms with E-state index in [-0.39, 0.29) is 17.2 Å². The summed E-state index contributed by atoms with van der Waals surface area (Å²) in [6, 6.07) is 10.7. The number of halogens is 1. The zero-order valence-electron chi connectivity index (χ0n) is 13.9. The van der Waals surface area contributed by atoms with Crippen LogP contribution in [0.4, 0.5) is 10.1 Å². The van der Waals surface area contributed by atoms with Gasteiger partial charge < -0.3 is 11.5 Å². The molecule has 0 saturated heterocycles. The highest BCUT2D eigenvalue weighted by atomic mass is 19.1. The maximum absolute atomic E-state index is 13.8. The lowest BCUT2D eigenvalue weighted by molar-refractivity contribution is 0.0996. The first kappa shape index (κ1) is 16.8. The number of carbonyl (C=O) groups excluding carboxylic acids is 1. The molecule has 0 atom stereocenters. The molecule has 2 aromatic carbocycles. The minimum absolute atomic E-state index is 0.0218. The van der Waals surface area contributed by atoms with E-state index in [1.54, 1.807) is 12.1 Å². The first-order valence-corrected chi connectivity index (χ1v) is 8.06. The number of hydrogen-bond donors (Lipinski definition) is 2. The number of hydrogen-bond acceptors (Lipinski definition) is 4. The highest BCUT2D eigenvalue weighted by Gasteiger charge is 2.14. The van der Waals surface area contributed by atoms with E-state index in [4.69, 9.17) is 11.5 Å². The Hall–Kier alpha value is -3.02. The quantitative estimate of drug-likeness (QED) is 0.748. The second-order valence-corrected chi connectivity index (χ2v) is 6.09. The number of rotatable bonds is 5. The normalized spacial score (nSPS) is 11.0. The highest BCUT2D eigenvalue weighted by molar-refractivity contribution is 6.04. The van der Waals surface area contributed by atoms with E-state index < -0.39 is 5.91 Å². The van der Waals surface area contributed by atoms with Crippen LogP contribution < -0.4 is 11.5 Å². The Balaban J connectivity index is 1.83. The number of amides is 1. The van der Waals surface area contributed by atoms with Gasteiger partial charge in [-0.15, -0.1) is 10.2 Å². The van der Waals surface area contributed by atoms with Crippen molar-refractivity contribution in [2.75, 3.05) is 5.73 Å². The fourth-order valence-corrected chi connectivity index (χ4v) is 2.96. The average molecular weight is 338 g/mol. The number of carbonyl (C=O) groups is 1. The summed E-state index contributed by atoms with van der Waals surface area (Å²) in [5.74, 6) is -0.883. The molecule has 0 spiro atoms. The van der Waals surface area contributed by atoms with Crippen LogP contribution in [0.25, 0.3) is 10.9 Å². The van der Waals surface area contributed by atoms with Crippen LogP contribution >= 0.6 is 0 Å². The first-order valence-electron chi connectivity index (χ1n) is 8.06. The molecule has 6 heteroatoms. The third-order valence-corrected chi connectivity index (χ3v) is 4.24. The SMILES string of the molecule is Cc1ccc(F)c(CCCc2cccc3c(N)c(C(N)=O)nnc23)c1. The van der Waals surface area contributed by atoms with Crippen molar-refractivity contribution in [2.24, 2.45) is 5.73 Å². The van der Waals surface area contributed by atoms with E-state index in [1.807, 2.05) is 25.1 Å². The Morgan fingerprint density at radius 2 is 1.88 bits per heavy atom. The van der Waals surface area contributed by atoms with Crippen LogP contribution in [0.1, 0.15) is 33.6 Å². The fraction of sp³-hybridized carbons (Fsp3) is 0.211. The topological polar surface area (TPSA) is 94.9 Å². The minimum atomic E-state index is -0.702. The van der Waals surface area contributed by atoms with E-state index in [0.717, 1.165) is 17.5 Å². The molecule has 0 aliphatic carbocycles. The van der Waals surface area contributed by atoms with Crippen molar-refractivity contribution >= 4 is 22.5 Å². The first-order chi connectivity index (χ1) is 12.0. The number of benzene rings is 2. The second-order valence-electron chi connectivity index (χ2n) is 6.09. The van der Waals surface area contributed by atoms with Crippen LogP contribution in [0.3, 0.4) is 0 Å². The van der Waals surface area contributed by atoms with E-state index in [9.17, 15) is 9.18 Å². The summed E-state index contributed by atoms with van der Waals surface area (Å²) >= 11 is 0. The molecule has 0 aliphatic rings. The molecule has 5 nitrogen and oxygen atoms in total. The molecular formula is C19H19FN4O. The van der Waals surface area contributed by atoms with Crippen molar-refractivity contribution in [2.45, 2.75) is 26.2 Å². The van der Waals surface area contributed by atoms with Crippen LogP contribution in [0, 0.1) is 12.7 Å². The molecule has 1 amide bonds. The van der Waals surface area contributed by atoms with Crippen molar-refractivity contribution in [1.82, 2.24) is 10.2 Å². The van der Waals surface area contributed by atoms with Gasteiger partial charge in [-0.05, 0) is 43.4 Å². The molecule has 0 fully saturated rings. The number of nitrogens with zero attached hydrogens (tertiary/aromatic N) is 2. The zero-order valence-corrected chi connectivity index (χ0v) is 13.9. The van der Waals surface area contributed by atoms with Gasteiger partial charge in [-0.3, -0.25) is 4.79 Å². The molecule has 4 N–H and O–H groups in total. The Labute approximate surface area is 144 Å². The standard InChI is InChI=1S/C19H19FN4O/c1-11-8-9-15(20)13(10-11)6-2-4-12-5-3-7-14-16(21)18(19(22)25)24-23-17(12)14/h3,5,7-10H,2,4,6H2,1H3,(H2,21,23)(H2,22,25). The molecule has 25 heavy (non-hydrogen) atoms. The van der Waals surface area contributed by atoms with Crippen LogP contribution in [-0.4, -0.2) is 16.1 Å². The van der Waals surface area contributed by atoms with Crippen LogP contribution in [-0.2, 0) is 12.8 Å².